The van der Waals surface area contributed by atoms with Crippen molar-refractivity contribution in [3.63, 3.8) is 0 Å². The van der Waals surface area contributed by atoms with Crippen molar-refractivity contribution >= 4 is 29.2 Å². The summed E-state index contributed by atoms with van der Waals surface area (Å²) in [7, 11) is 2.97. The second kappa shape index (κ2) is 10.7. The fraction of sp³-hybridized carbons (Fsp3) is 0.222. The zero-order valence-electron chi connectivity index (χ0n) is 19.6. The zero-order valence-corrected chi connectivity index (χ0v) is 19.6. The Bertz CT molecular complexity index is 1210. The molecular formula is C27H26N2O6. The summed E-state index contributed by atoms with van der Waals surface area (Å²) in [5.41, 5.74) is 3.95. The largest absolute Gasteiger partial charge is 0.493 e. The summed E-state index contributed by atoms with van der Waals surface area (Å²) in [6, 6.07) is 20.1. The molecule has 1 N–H and O–H groups in total. The van der Waals surface area contributed by atoms with Crippen LogP contribution in [0.5, 0.6) is 11.5 Å². The van der Waals surface area contributed by atoms with E-state index in [-0.39, 0.29) is 12.5 Å². The Morgan fingerprint density at radius 2 is 1.43 bits per heavy atom. The molecule has 0 saturated carbocycles. The van der Waals surface area contributed by atoms with Gasteiger partial charge in [-0.05, 0) is 54.3 Å². The third-order valence-electron chi connectivity index (χ3n) is 5.77. The van der Waals surface area contributed by atoms with Crippen molar-refractivity contribution in [3.05, 3.63) is 83.4 Å². The quantitative estimate of drug-likeness (QED) is 0.528. The van der Waals surface area contributed by atoms with Crippen molar-refractivity contribution in [1.82, 2.24) is 5.32 Å². The van der Waals surface area contributed by atoms with Gasteiger partial charge in [0.1, 0.15) is 6.54 Å². The van der Waals surface area contributed by atoms with Crippen LogP contribution in [0.15, 0.2) is 66.7 Å². The second-order valence-electron chi connectivity index (χ2n) is 7.90. The molecule has 35 heavy (non-hydrogen) atoms. The molecule has 180 valence electrons. The summed E-state index contributed by atoms with van der Waals surface area (Å²) >= 11 is 0. The molecule has 0 aromatic heterocycles. The lowest BCUT2D eigenvalue weighted by atomic mass is 10.0. The van der Waals surface area contributed by atoms with E-state index in [1.165, 1.54) is 20.3 Å². The van der Waals surface area contributed by atoms with E-state index in [1.54, 1.807) is 17.0 Å². The number of benzene rings is 3. The number of ether oxygens (including phenoxy) is 3. The molecule has 0 aliphatic carbocycles. The van der Waals surface area contributed by atoms with Gasteiger partial charge in [0.15, 0.2) is 18.1 Å². The van der Waals surface area contributed by atoms with Crippen LogP contribution in [-0.4, -0.2) is 45.2 Å². The number of methoxy groups -OCH3 is 2. The molecule has 0 unspecified atom stereocenters. The summed E-state index contributed by atoms with van der Waals surface area (Å²) in [5, 5.41) is 2.50. The first-order valence-corrected chi connectivity index (χ1v) is 11.2. The minimum absolute atomic E-state index is 0.296. The first-order chi connectivity index (χ1) is 17.0. The third-order valence-corrected chi connectivity index (χ3v) is 5.77. The van der Waals surface area contributed by atoms with Gasteiger partial charge < -0.3 is 19.5 Å². The van der Waals surface area contributed by atoms with Gasteiger partial charge in [-0.3, -0.25) is 19.3 Å². The average Bonchev–Trinajstić information content (AvgIpc) is 3.07. The smallest absolute Gasteiger partial charge is 0.325 e. The minimum atomic E-state index is -0.719. The number of fused-ring (bicyclic) bond motifs is 2. The minimum Gasteiger partial charge on any atom is -0.493 e. The number of aryl methyl sites for hydroxylation is 2. The summed E-state index contributed by atoms with van der Waals surface area (Å²) in [6.07, 6.45) is 1.61. The van der Waals surface area contributed by atoms with E-state index in [0.717, 1.165) is 35.3 Å². The molecule has 2 amide bonds. The van der Waals surface area contributed by atoms with Gasteiger partial charge in [-0.1, -0.05) is 36.4 Å². The van der Waals surface area contributed by atoms with Crippen LogP contribution >= 0.6 is 0 Å². The Labute approximate surface area is 203 Å². The van der Waals surface area contributed by atoms with Crippen LogP contribution in [0.25, 0.3) is 0 Å². The monoisotopic (exact) mass is 474 g/mol. The number of carbonyl (C=O) groups excluding carboxylic acids is 3. The summed E-state index contributed by atoms with van der Waals surface area (Å²) in [5.74, 6) is -0.690. The van der Waals surface area contributed by atoms with Gasteiger partial charge in [0.2, 0.25) is 0 Å². The highest BCUT2D eigenvalue weighted by atomic mass is 16.5. The molecule has 1 aliphatic heterocycles. The Morgan fingerprint density at radius 1 is 0.829 bits per heavy atom. The molecule has 3 aromatic rings. The molecule has 0 spiro atoms. The summed E-state index contributed by atoms with van der Waals surface area (Å²) < 4.78 is 15.6. The summed E-state index contributed by atoms with van der Waals surface area (Å²) in [6.45, 7) is -0.832. The highest BCUT2D eigenvalue weighted by molar-refractivity contribution is 6.03. The predicted octanol–water partition coefficient (Wildman–Crippen LogP) is 3.44. The number of anilines is 2. The van der Waals surface area contributed by atoms with Crippen molar-refractivity contribution in [2.24, 2.45) is 0 Å². The number of hydrogen-bond donors (Lipinski definition) is 1. The third kappa shape index (κ3) is 5.27. The molecule has 4 rings (SSSR count). The molecule has 0 fully saturated rings. The van der Waals surface area contributed by atoms with Crippen LogP contribution in [0.2, 0.25) is 0 Å². The van der Waals surface area contributed by atoms with Crippen molar-refractivity contribution < 1.29 is 28.6 Å². The number of hydrogen-bond acceptors (Lipinski definition) is 6. The fourth-order valence-corrected chi connectivity index (χ4v) is 4.04. The number of nitrogens with one attached hydrogen (secondary N) is 1. The average molecular weight is 475 g/mol. The number of nitrogens with zero attached hydrogens (tertiary/aromatic N) is 1. The topological polar surface area (TPSA) is 94.2 Å². The van der Waals surface area contributed by atoms with Gasteiger partial charge in [-0.15, -0.1) is 0 Å². The molecule has 8 nitrogen and oxygen atoms in total. The molecule has 0 saturated heterocycles. The molecule has 0 atom stereocenters. The standard InChI is InChI=1S/C27H26N2O6/c1-33-23-14-13-20(15-24(23)34-2)27(32)28-16-26(31)35-17-25(30)29-21-9-5-3-7-18(21)11-12-19-8-4-6-10-22(19)29/h3-10,13-15H,11-12,16-17H2,1-2H3,(H,28,32). The molecular weight excluding hydrogens is 448 g/mol. The Hall–Kier alpha value is -4.33. The number of rotatable bonds is 7. The lowest BCUT2D eigenvalue weighted by Gasteiger charge is -2.24. The molecule has 0 bridgehead atoms. The predicted molar refractivity (Wildman–Crippen MR) is 130 cm³/mol. The van der Waals surface area contributed by atoms with Gasteiger partial charge in [0.25, 0.3) is 11.8 Å². The van der Waals surface area contributed by atoms with Crippen LogP contribution in [0.3, 0.4) is 0 Å². The zero-order chi connectivity index (χ0) is 24.8. The van der Waals surface area contributed by atoms with E-state index in [4.69, 9.17) is 14.2 Å². The second-order valence-corrected chi connectivity index (χ2v) is 7.90. The highest BCUT2D eigenvalue weighted by Gasteiger charge is 2.26. The molecule has 0 radical (unpaired) electrons. The van der Waals surface area contributed by atoms with E-state index < -0.39 is 18.5 Å². The first-order valence-electron chi connectivity index (χ1n) is 11.2. The Morgan fingerprint density at radius 3 is 2.03 bits per heavy atom. The van der Waals surface area contributed by atoms with Gasteiger partial charge in [-0.25, -0.2) is 0 Å². The van der Waals surface area contributed by atoms with Crippen molar-refractivity contribution in [1.29, 1.82) is 0 Å². The maximum atomic E-state index is 13.2. The van der Waals surface area contributed by atoms with Crippen molar-refractivity contribution in [2.75, 3.05) is 32.3 Å². The normalized spacial score (nSPS) is 12.0. The molecule has 8 heteroatoms. The van der Waals surface area contributed by atoms with Gasteiger partial charge in [0.05, 0.1) is 25.6 Å². The van der Waals surface area contributed by atoms with Crippen LogP contribution in [-0.2, 0) is 27.2 Å². The van der Waals surface area contributed by atoms with E-state index in [0.29, 0.717) is 17.1 Å². The Balaban J connectivity index is 1.39. The van der Waals surface area contributed by atoms with E-state index in [1.807, 2.05) is 48.5 Å². The van der Waals surface area contributed by atoms with Crippen LogP contribution in [0.1, 0.15) is 21.5 Å². The lowest BCUT2D eigenvalue weighted by molar-refractivity contribution is -0.146. The first kappa shape index (κ1) is 23.8. The molecule has 1 aliphatic rings. The van der Waals surface area contributed by atoms with Gasteiger partial charge in [-0.2, -0.15) is 0 Å². The maximum absolute atomic E-state index is 13.2. The van der Waals surface area contributed by atoms with Crippen LogP contribution in [0.4, 0.5) is 11.4 Å². The van der Waals surface area contributed by atoms with Crippen LogP contribution in [0, 0.1) is 0 Å². The van der Waals surface area contributed by atoms with E-state index >= 15 is 0 Å². The molecule has 3 aromatic carbocycles. The van der Waals surface area contributed by atoms with Gasteiger partial charge >= 0.3 is 5.97 Å². The number of amides is 2. The number of esters is 1. The van der Waals surface area contributed by atoms with Gasteiger partial charge in [0, 0.05) is 5.56 Å². The number of carbonyl (C=O) groups is 3. The SMILES string of the molecule is COc1ccc(C(=O)NCC(=O)OCC(=O)N2c3ccccc3CCc3ccccc32)cc1OC. The molecule has 1 heterocycles. The van der Waals surface area contributed by atoms with Crippen molar-refractivity contribution in [3.8, 4) is 11.5 Å². The lowest BCUT2D eigenvalue weighted by Crippen LogP contribution is -2.35. The van der Waals surface area contributed by atoms with E-state index in [2.05, 4.69) is 5.32 Å². The number of para-hydroxylation sites is 2. The van der Waals surface area contributed by atoms with E-state index in [9.17, 15) is 14.4 Å². The fourth-order valence-electron chi connectivity index (χ4n) is 4.04. The van der Waals surface area contributed by atoms with Crippen molar-refractivity contribution in [2.45, 2.75) is 12.8 Å². The Kier molecular flexibility index (Phi) is 7.30. The maximum Gasteiger partial charge on any atom is 0.325 e. The van der Waals surface area contributed by atoms with Crippen LogP contribution < -0.4 is 19.7 Å². The highest BCUT2D eigenvalue weighted by Crippen LogP contribution is 2.36. The summed E-state index contributed by atoms with van der Waals surface area (Å²) in [4.78, 5) is 39.5.